The van der Waals surface area contributed by atoms with Crippen LogP contribution in [-0.4, -0.2) is 17.0 Å². The van der Waals surface area contributed by atoms with Crippen molar-refractivity contribution in [2.75, 3.05) is 10.6 Å². The van der Waals surface area contributed by atoms with E-state index in [-0.39, 0.29) is 30.3 Å². The van der Waals surface area contributed by atoms with Crippen LogP contribution < -0.4 is 27.2 Å². The highest BCUT2D eigenvalue weighted by Crippen LogP contribution is 2.33. The fraction of sp³-hybridized carbons (Fsp3) is 0.214. The lowest BCUT2D eigenvalue weighted by molar-refractivity contribution is -0.137. The summed E-state index contributed by atoms with van der Waals surface area (Å²) in [6.45, 7) is 4.26. The Hall–Kier alpha value is -4.55. The number of urea groups is 1. The van der Waals surface area contributed by atoms with Crippen LogP contribution in [0.15, 0.2) is 84.9 Å². The molecule has 0 aliphatic heterocycles. The minimum absolute atomic E-state index is 0.0408. The molecule has 0 spiro atoms. The molecule has 0 saturated heterocycles. The number of aliphatic hydroxyl groups is 1. The van der Waals surface area contributed by atoms with E-state index in [4.69, 9.17) is 11.0 Å². The van der Waals surface area contributed by atoms with Gasteiger partial charge in [-0.05, 0) is 34.9 Å². The van der Waals surface area contributed by atoms with Crippen molar-refractivity contribution in [3.8, 4) is 0 Å². The molecule has 0 fully saturated rings. The van der Waals surface area contributed by atoms with Crippen LogP contribution in [0.25, 0.3) is 0 Å². The largest absolute Gasteiger partial charge is 0.416 e. The van der Waals surface area contributed by atoms with Crippen LogP contribution in [0.3, 0.4) is 0 Å². The van der Waals surface area contributed by atoms with Gasteiger partial charge < -0.3 is 25.9 Å². The molecule has 0 radical (unpaired) electrons. The zero-order valence-corrected chi connectivity index (χ0v) is 22.0. The smallest absolute Gasteiger partial charge is 0.392 e. The third kappa shape index (κ3) is 10.7. The van der Waals surface area contributed by atoms with Crippen LogP contribution in [0.1, 0.15) is 36.1 Å². The Balaban J connectivity index is 0.00000274. The zero-order chi connectivity index (χ0) is 29.5. The Bertz CT molecular complexity index is 1270. The quantitative estimate of drug-likeness (QED) is 0.153. The molecule has 3 rings (SSSR count). The number of amides is 3. The molecule has 0 heterocycles. The van der Waals surface area contributed by atoms with Crippen LogP contribution in [0, 0.1) is 0 Å². The molecular formula is C28H32F3N5O4. The first-order chi connectivity index (χ1) is 19.2. The minimum Gasteiger partial charge on any atom is -0.392 e. The van der Waals surface area contributed by atoms with E-state index in [2.05, 4.69) is 26.1 Å². The number of halogens is 3. The second-order valence-corrected chi connectivity index (χ2v) is 8.07. The van der Waals surface area contributed by atoms with Crippen molar-refractivity contribution in [1.82, 2.24) is 10.6 Å². The van der Waals surface area contributed by atoms with Gasteiger partial charge >= 0.3 is 12.2 Å². The second-order valence-electron chi connectivity index (χ2n) is 8.07. The standard InChI is InChI=1S/C26H26F3N5O4.C2H6/c27-26(28,29)20-11-21(32-23(36)10-17-4-2-1-3-5-17)13-22(12-20)33-25(37)34-24(38-30)15-31-14-18-6-8-19(16-35)9-7-18;1-2/h1-9,11-13,15,31,35H,10,14,16,30H2,(H,32,36)(H2,33,34,37);1-2H3/b24-15-;. The molecule has 12 heteroatoms. The normalized spacial score (nSPS) is 11.0. The number of carbonyl (C=O) groups is 2. The highest BCUT2D eigenvalue weighted by atomic mass is 19.4. The van der Waals surface area contributed by atoms with Gasteiger partial charge in [-0.25, -0.2) is 4.79 Å². The summed E-state index contributed by atoms with van der Waals surface area (Å²) >= 11 is 0. The lowest BCUT2D eigenvalue weighted by Gasteiger charge is -2.15. The molecule has 0 aliphatic carbocycles. The predicted molar refractivity (Wildman–Crippen MR) is 146 cm³/mol. The predicted octanol–water partition coefficient (Wildman–Crippen LogP) is 5.01. The second kappa shape index (κ2) is 15.8. The van der Waals surface area contributed by atoms with Gasteiger partial charge in [-0.3, -0.25) is 10.1 Å². The van der Waals surface area contributed by atoms with Gasteiger partial charge in [0.1, 0.15) is 0 Å². The molecule has 0 aromatic heterocycles. The van der Waals surface area contributed by atoms with Crippen molar-refractivity contribution >= 4 is 23.3 Å². The molecule has 0 atom stereocenters. The van der Waals surface area contributed by atoms with Gasteiger partial charge in [-0.2, -0.15) is 19.1 Å². The van der Waals surface area contributed by atoms with E-state index < -0.39 is 23.7 Å². The summed E-state index contributed by atoms with van der Waals surface area (Å²) in [4.78, 5) is 29.4. The van der Waals surface area contributed by atoms with Crippen LogP contribution in [0.2, 0.25) is 0 Å². The molecule has 9 nitrogen and oxygen atoms in total. The molecule has 214 valence electrons. The first kappa shape index (κ1) is 31.7. The molecule has 3 aromatic rings. The molecule has 0 bridgehead atoms. The summed E-state index contributed by atoms with van der Waals surface area (Å²) in [5, 5.41) is 18.9. The molecule has 0 aliphatic rings. The lowest BCUT2D eigenvalue weighted by atomic mass is 10.1. The Labute approximate surface area is 230 Å². The van der Waals surface area contributed by atoms with Gasteiger partial charge in [0.2, 0.25) is 11.8 Å². The maximum absolute atomic E-state index is 13.4. The molecular weight excluding hydrogens is 527 g/mol. The fourth-order valence-electron chi connectivity index (χ4n) is 3.32. The molecule has 7 N–H and O–H groups in total. The topological polar surface area (TPSA) is 138 Å². The number of rotatable bonds is 10. The number of carbonyl (C=O) groups excluding carboxylic acids is 2. The van der Waals surface area contributed by atoms with E-state index in [0.717, 1.165) is 23.3 Å². The minimum atomic E-state index is -4.72. The Kier molecular flexibility index (Phi) is 12.5. The average molecular weight is 560 g/mol. The number of hydrogen-bond donors (Lipinski definition) is 6. The Morgan fingerprint density at radius 3 is 2.08 bits per heavy atom. The molecule has 3 amide bonds. The summed E-state index contributed by atoms with van der Waals surface area (Å²) in [7, 11) is 0. The maximum Gasteiger partial charge on any atom is 0.416 e. The molecule has 40 heavy (non-hydrogen) atoms. The van der Waals surface area contributed by atoms with Crippen LogP contribution in [-0.2, 0) is 35.4 Å². The Morgan fingerprint density at radius 1 is 0.900 bits per heavy atom. The first-order valence-corrected chi connectivity index (χ1v) is 12.3. The van der Waals surface area contributed by atoms with Crippen LogP contribution >= 0.6 is 0 Å². The SMILES string of the molecule is CC.NO/C(=C\NCc1ccc(CO)cc1)NC(=O)Nc1cc(NC(=O)Cc2ccccc2)cc(C(F)(F)F)c1. The highest BCUT2D eigenvalue weighted by Gasteiger charge is 2.31. The lowest BCUT2D eigenvalue weighted by Crippen LogP contribution is -2.31. The van der Waals surface area contributed by atoms with Crippen molar-refractivity contribution in [2.24, 2.45) is 5.90 Å². The number of alkyl halides is 3. The van der Waals surface area contributed by atoms with Crippen molar-refractivity contribution in [3.63, 3.8) is 0 Å². The average Bonchev–Trinajstić information content (AvgIpc) is 2.93. The highest BCUT2D eigenvalue weighted by molar-refractivity contribution is 5.95. The molecule has 0 unspecified atom stereocenters. The third-order valence-electron chi connectivity index (χ3n) is 5.12. The summed E-state index contributed by atoms with van der Waals surface area (Å²) in [5.74, 6) is 4.45. The Morgan fingerprint density at radius 2 is 1.50 bits per heavy atom. The number of nitrogens with one attached hydrogen (secondary N) is 4. The van der Waals surface area contributed by atoms with Gasteiger partial charge in [0.25, 0.3) is 0 Å². The van der Waals surface area contributed by atoms with E-state index in [9.17, 15) is 22.8 Å². The van der Waals surface area contributed by atoms with Gasteiger partial charge in [0.15, 0.2) is 0 Å². The molecule has 3 aromatic carbocycles. The van der Waals surface area contributed by atoms with E-state index in [1.807, 2.05) is 13.8 Å². The number of anilines is 2. The van der Waals surface area contributed by atoms with Crippen molar-refractivity contribution in [2.45, 2.75) is 39.6 Å². The van der Waals surface area contributed by atoms with E-state index >= 15 is 0 Å². The fourth-order valence-corrected chi connectivity index (χ4v) is 3.32. The molecule has 0 saturated carbocycles. The van der Waals surface area contributed by atoms with Crippen molar-refractivity contribution in [3.05, 3.63) is 107 Å². The van der Waals surface area contributed by atoms with Crippen molar-refractivity contribution in [1.29, 1.82) is 0 Å². The number of nitrogens with two attached hydrogens (primary N) is 1. The van der Waals surface area contributed by atoms with E-state index in [1.54, 1.807) is 54.6 Å². The maximum atomic E-state index is 13.4. The number of aliphatic hydroxyl groups excluding tert-OH is 1. The first-order valence-electron chi connectivity index (χ1n) is 12.3. The van der Waals surface area contributed by atoms with Crippen molar-refractivity contribution < 1.29 is 32.7 Å². The van der Waals surface area contributed by atoms with Gasteiger partial charge in [0, 0.05) is 17.9 Å². The monoisotopic (exact) mass is 559 g/mol. The van der Waals surface area contributed by atoms with Crippen LogP contribution in [0.4, 0.5) is 29.3 Å². The van der Waals surface area contributed by atoms with Gasteiger partial charge in [-0.15, -0.1) is 0 Å². The van der Waals surface area contributed by atoms with Gasteiger partial charge in [-0.1, -0.05) is 68.4 Å². The van der Waals surface area contributed by atoms with E-state index in [0.29, 0.717) is 12.1 Å². The van der Waals surface area contributed by atoms with Crippen LogP contribution in [0.5, 0.6) is 0 Å². The summed E-state index contributed by atoms with van der Waals surface area (Å²) < 4.78 is 40.3. The summed E-state index contributed by atoms with van der Waals surface area (Å²) in [6.07, 6.45) is -3.50. The summed E-state index contributed by atoms with van der Waals surface area (Å²) in [6, 6.07) is 17.5. The number of hydrogen-bond acceptors (Lipinski definition) is 6. The van der Waals surface area contributed by atoms with Gasteiger partial charge in [0.05, 0.1) is 24.8 Å². The summed E-state index contributed by atoms with van der Waals surface area (Å²) in [5.41, 5.74) is 0.875. The number of benzene rings is 3. The third-order valence-corrected chi connectivity index (χ3v) is 5.12. The zero-order valence-electron chi connectivity index (χ0n) is 22.0. The van der Waals surface area contributed by atoms with E-state index in [1.165, 1.54) is 12.3 Å².